The third-order valence-electron chi connectivity index (χ3n) is 4.94. The van der Waals surface area contributed by atoms with Crippen LogP contribution in [0, 0.1) is 0 Å². The summed E-state index contributed by atoms with van der Waals surface area (Å²) in [6.45, 7) is 1.07. The zero-order valence-corrected chi connectivity index (χ0v) is 16.7. The van der Waals surface area contributed by atoms with Crippen LogP contribution in [-0.2, 0) is 9.59 Å². The summed E-state index contributed by atoms with van der Waals surface area (Å²) in [5.41, 5.74) is 0.853. The number of benzene rings is 1. The van der Waals surface area contributed by atoms with Gasteiger partial charge in [-0.2, -0.15) is 0 Å². The van der Waals surface area contributed by atoms with Crippen LogP contribution in [0.3, 0.4) is 0 Å². The summed E-state index contributed by atoms with van der Waals surface area (Å²) in [6.07, 6.45) is 3.35. The Kier molecular flexibility index (Phi) is 5.45. The molecule has 1 aromatic carbocycles. The first-order chi connectivity index (χ1) is 14.4. The second-order valence-electron chi connectivity index (χ2n) is 6.94. The Balaban J connectivity index is 1.47. The molecule has 0 bridgehead atoms. The fourth-order valence-electron chi connectivity index (χ4n) is 3.33. The molecule has 2 aliphatic heterocycles. The first-order valence-corrected chi connectivity index (χ1v) is 10.2. The van der Waals surface area contributed by atoms with Crippen molar-refractivity contribution in [3.63, 3.8) is 0 Å². The second-order valence-corrected chi connectivity index (χ2v) is 7.93. The number of hydrogen-bond donors (Lipinski definition) is 1. The lowest BCUT2D eigenvalue weighted by Gasteiger charge is -2.18. The van der Waals surface area contributed by atoms with E-state index in [9.17, 15) is 19.2 Å². The fraction of sp³-hybridized carbons (Fsp3) is 0.238. The maximum Gasteiger partial charge on any atom is 0.335 e. The molecule has 4 rings (SSSR count). The standard InChI is InChI=1S/C21H18N2O6S/c24-18(22-9-1-2-10-22)12-23-19(25)17(30-21(23)28)11-15-7-8-16(29-15)13-3-5-14(6-4-13)20(26)27/h3-8,11H,1-2,9-10,12H2,(H,26,27)/b17-11+. The Hall–Kier alpha value is -3.33. The number of nitrogens with zero attached hydrogens (tertiary/aromatic N) is 2. The molecule has 0 atom stereocenters. The van der Waals surface area contributed by atoms with E-state index in [1.165, 1.54) is 18.2 Å². The van der Waals surface area contributed by atoms with E-state index in [0.717, 1.165) is 29.5 Å². The zero-order chi connectivity index (χ0) is 21.3. The highest BCUT2D eigenvalue weighted by Gasteiger charge is 2.37. The molecule has 0 saturated carbocycles. The molecule has 2 aliphatic rings. The number of carboxylic acid groups (broad SMARTS) is 1. The lowest BCUT2D eigenvalue weighted by molar-refractivity contribution is -0.135. The number of carboxylic acids is 1. The van der Waals surface area contributed by atoms with Crippen LogP contribution in [0.4, 0.5) is 4.79 Å². The molecular weight excluding hydrogens is 408 g/mol. The lowest BCUT2D eigenvalue weighted by Crippen LogP contribution is -2.40. The number of furan rings is 1. The molecule has 8 nitrogen and oxygen atoms in total. The topological polar surface area (TPSA) is 108 Å². The SMILES string of the molecule is O=C(O)c1ccc(-c2ccc(/C=C3/SC(=O)N(CC(=O)N4CCCC4)C3=O)o2)cc1. The minimum atomic E-state index is -1.01. The molecule has 1 aromatic heterocycles. The van der Waals surface area contributed by atoms with Crippen molar-refractivity contribution in [1.82, 2.24) is 9.80 Å². The van der Waals surface area contributed by atoms with Gasteiger partial charge in [0.2, 0.25) is 5.91 Å². The van der Waals surface area contributed by atoms with Crippen molar-refractivity contribution in [3.05, 3.63) is 52.6 Å². The summed E-state index contributed by atoms with van der Waals surface area (Å²) in [6, 6.07) is 9.56. The Labute approximate surface area is 176 Å². The summed E-state index contributed by atoms with van der Waals surface area (Å²) >= 11 is 0.774. The number of carbonyl (C=O) groups is 4. The van der Waals surface area contributed by atoms with Crippen molar-refractivity contribution < 1.29 is 28.7 Å². The summed E-state index contributed by atoms with van der Waals surface area (Å²) in [7, 11) is 0. The molecule has 154 valence electrons. The normalized spacial score (nSPS) is 17.9. The van der Waals surface area contributed by atoms with Gasteiger partial charge in [0.25, 0.3) is 11.1 Å². The molecule has 0 radical (unpaired) electrons. The van der Waals surface area contributed by atoms with Crippen molar-refractivity contribution in [2.75, 3.05) is 19.6 Å². The first kappa shape index (κ1) is 20.0. The molecule has 9 heteroatoms. The van der Waals surface area contributed by atoms with Gasteiger partial charge in [-0.05, 0) is 48.9 Å². The minimum absolute atomic E-state index is 0.169. The van der Waals surface area contributed by atoms with E-state index in [1.807, 2.05) is 0 Å². The molecule has 0 spiro atoms. The van der Waals surface area contributed by atoms with Gasteiger partial charge in [0.05, 0.1) is 10.5 Å². The molecule has 1 N–H and O–H groups in total. The molecular formula is C21H18N2O6S. The predicted octanol–water partition coefficient (Wildman–Crippen LogP) is 3.30. The van der Waals surface area contributed by atoms with Gasteiger partial charge < -0.3 is 14.4 Å². The number of carbonyl (C=O) groups excluding carboxylic acids is 3. The number of aromatic carboxylic acids is 1. The van der Waals surface area contributed by atoms with E-state index >= 15 is 0 Å². The van der Waals surface area contributed by atoms with Crippen molar-refractivity contribution in [3.8, 4) is 11.3 Å². The van der Waals surface area contributed by atoms with Gasteiger partial charge in [0.15, 0.2) is 0 Å². The van der Waals surface area contributed by atoms with Gasteiger partial charge in [-0.1, -0.05) is 12.1 Å². The van der Waals surface area contributed by atoms with Gasteiger partial charge >= 0.3 is 5.97 Å². The number of amides is 3. The van der Waals surface area contributed by atoms with Crippen LogP contribution in [0.1, 0.15) is 29.0 Å². The Morgan fingerprint density at radius 2 is 1.77 bits per heavy atom. The van der Waals surface area contributed by atoms with Gasteiger partial charge in [0, 0.05) is 24.7 Å². The molecule has 30 heavy (non-hydrogen) atoms. The molecule has 0 aliphatic carbocycles. The van der Waals surface area contributed by atoms with Crippen LogP contribution in [0.5, 0.6) is 0 Å². The van der Waals surface area contributed by atoms with Crippen LogP contribution < -0.4 is 0 Å². The van der Waals surface area contributed by atoms with E-state index in [0.29, 0.717) is 30.2 Å². The Morgan fingerprint density at radius 3 is 2.43 bits per heavy atom. The van der Waals surface area contributed by atoms with Gasteiger partial charge in [-0.3, -0.25) is 19.3 Å². The third-order valence-corrected chi connectivity index (χ3v) is 5.85. The van der Waals surface area contributed by atoms with Crippen LogP contribution in [0.15, 0.2) is 45.7 Å². The van der Waals surface area contributed by atoms with E-state index in [1.54, 1.807) is 29.2 Å². The van der Waals surface area contributed by atoms with Crippen molar-refractivity contribution in [2.24, 2.45) is 0 Å². The summed E-state index contributed by atoms with van der Waals surface area (Å²) in [5.74, 6) is -0.867. The van der Waals surface area contributed by atoms with Gasteiger partial charge in [-0.15, -0.1) is 0 Å². The van der Waals surface area contributed by atoms with Crippen molar-refractivity contribution in [1.29, 1.82) is 0 Å². The zero-order valence-electron chi connectivity index (χ0n) is 15.9. The molecule has 2 fully saturated rings. The summed E-state index contributed by atoms with van der Waals surface area (Å²) < 4.78 is 5.72. The average Bonchev–Trinajstić information content (AvgIpc) is 3.47. The molecule has 3 heterocycles. The van der Waals surface area contributed by atoms with Crippen LogP contribution in [0.25, 0.3) is 17.4 Å². The van der Waals surface area contributed by atoms with Crippen molar-refractivity contribution >= 4 is 40.9 Å². The highest BCUT2D eigenvalue weighted by molar-refractivity contribution is 8.18. The molecule has 2 aromatic rings. The van der Waals surface area contributed by atoms with E-state index in [4.69, 9.17) is 9.52 Å². The maximum atomic E-state index is 12.6. The smallest absolute Gasteiger partial charge is 0.335 e. The highest BCUT2D eigenvalue weighted by Crippen LogP contribution is 2.33. The first-order valence-electron chi connectivity index (χ1n) is 9.39. The molecule has 3 amide bonds. The molecule has 0 unspecified atom stereocenters. The van der Waals surface area contributed by atoms with Gasteiger partial charge in [-0.25, -0.2) is 4.79 Å². The van der Waals surface area contributed by atoms with Crippen molar-refractivity contribution in [2.45, 2.75) is 12.8 Å². The monoisotopic (exact) mass is 426 g/mol. The number of imide groups is 1. The number of likely N-dealkylation sites (tertiary alicyclic amines) is 1. The number of hydrogen-bond acceptors (Lipinski definition) is 6. The van der Waals surface area contributed by atoms with E-state index in [2.05, 4.69) is 0 Å². The van der Waals surface area contributed by atoms with E-state index < -0.39 is 17.1 Å². The number of thioether (sulfide) groups is 1. The Morgan fingerprint density at radius 1 is 1.07 bits per heavy atom. The highest BCUT2D eigenvalue weighted by atomic mass is 32.2. The summed E-state index contributed by atoms with van der Waals surface area (Å²) in [4.78, 5) is 50.9. The minimum Gasteiger partial charge on any atom is -0.478 e. The third kappa shape index (κ3) is 4.02. The Bertz CT molecular complexity index is 1050. The largest absolute Gasteiger partial charge is 0.478 e. The number of rotatable bonds is 5. The second kappa shape index (κ2) is 8.19. The van der Waals surface area contributed by atoms with Crippen LogP contribution in [-0.4, -0.2) is 57.6 Å². The fourth-order valence-corrected chi connectivity index (χ4v) is 4.15. The van der Waals surface area contributed by atoms with Crippen LogP contribution >= 0.6 is 11.8 Å². The lowest BCUT2D eigenvalue weighted by atomic mass is 10.1. The van der Waals surface area contributed by atoms with Crippen LogP contribution in [0.2, 0.25) is 0 Å². The maximum absolute atomic E-state index is 12.6. The summed E-state index contributed by atoms with van der Waals surface area (Å²) in [5, 5.41) is 8.50. The quantitative estimate of drug-likeness (QED) is 0.731. The van der Waals surface area contributed by atoms with Gasteiger partial charge in [0.1, 0.15) is 18.1 Å². The average molecular weight is 426 g/mol. The predicted molar refractivity (Wildman–Crippen MR) is 110 cm³/mol. The molecule has 2 saturated heterocycles. The van der Waals surface area contributed by atoms with E-state index in [-0.39, 0.29) is 22.9 Å².